The van der Waals surface area contributed by atoms with Gasteiger partial charge in [-0.1, -0.05) is 24.3 Å². The summed E-state index contributed by atoms with van der Waals surface area (Å²) in [6.45, 7) is 3.51. The molecular weight excluding hydrogens is 402 g/mol. The summed E-state index contributed by atoms with van der Waals surface area (Å²) in [6.07, 6.45) is 3.13. The Morgan fingerprint density at radius 2 is 2.00 bits per heavy atom. The van der Waals surface area contributed by atoms with Crippen LogP contribution in [0.2, 0.25) is 0 Å². The molecule has 0 fully saturated rings. The van der Waals surface area contributed by atoms with Crippen molar-refractivity contribution in [2.24, 2.45) is 5.73 Å². The van der Waals surface area contributed by atoms with E-state index in [-0.39, 0.29) is 24.2 Å². The van der Waals surface area contributed by atoms with Gasteiger partial charge < -0.3 is 25.5 Å². The lowest BCUT2D eigenvalue weighted by Crippen LogP contribution is -2.29. The number of carbonyl (C=O) groups excluding carboxylic acids is 1. The first-order valence-corrected chi connectivity index (χ1v) is 10.0. The summed E-state index contributed by atoms with van der Waals surface area (Å²) in [5.41, 5.74) is 8.77. The molecule has 0 aliphatic carbocycles. The predicted octanol–water partition coefficient (Wildman–Crippen LogP) is 3.98. The molecule has 0 saturated heterocycles. The highest BCUT2D eigenvalue weighted by Gasteiger charge is 2.21. The number of para-hydroxylation sites is 1. The first-order chi connectivity index (χ1) is 14.2. The first-order valence-electron chi connectivity index (χ1n) is 10.0. The van der Waals surface area contributed by atoms with Crippen molar-refractivity contribution in [3.05, 3.63) is 59.8 Å². The molecule has 4 N–H and O–H groups in total. The fourth-order valence-corrected chi connectivity index (χ4v) is 3.53. The Bertz CT molecular complexity index is 958. The van der Waals surface area contributed by atoms with E-state index >= 15 is 0 Å². The SMILES string of the molecule is CCOc1ccc(C(CNC(=O)CCCN)c2c[nH]c3ccccc23)cc1OC.Cl. The molecule has 30 heavy (non-hydrogen) atoms. The van der Waals surface area contributed by atoms with E-state index in [0.717, 1.165) is 22.0 Å². The van der Waals surface area contributed by atoms with Crippen LogP contribution in [-0.2, 0) is 4.79 Å². The number of H-pyrrole nitrogens is 1. The highest BCUT2D eigenvalue weighted by molar-refractivity contribution is 5.85. The number of aromatic amines is 1. The summed E-state index contributed by atoms with van der Waals surface area (Å²) >= 11 is 0. The summed E-state index contributed by atoms with van der Waals surface area (Å²) in [5, 5.41) is 4.21. The van der Waals surface area contributed by atoms with Gasteiger partial charge in [0.15, 0.2) is 11.5 Å². The Hall–Kier alpha value is -2.70. The van der Waals surface area contributed by atoms with Crippen molar-refractivity contribution in [2.45, 2.75) is 25.7 Å². The lowest BCUT2D eigenvalue weighted by atomic mass is 9.90. The predicted molar refractivity (Wildman–Crippen MR) is 123 cm³/mol. The molecule has 2 aromatic carbocycles. The standard InChI is InChI=1S/C23H29N3O3.ClH/c1-3-29-21-11-10-16(13-22(21)28-2)18(14-26-23(27)9-6-12-24)19-15-25-20-8-5-4-7-17(19)20;/h4-5,7-8,10-11,13,15,18,25H,3,6,9,12,14,24H2,1-2H3,(H,26,27);1H. The number of methoxy groups -OCH3 is 1. The largest absolute Gasteiger partial charge is 0.493 e. The van der Waals surface area contributed by atoms with Crippen LogP contribution in [0.1, 0.15) is 36.8 Å². The second-order valence-electron chi connectivity index (χ2n) is 6.88. The van der Waals surface area contributed by atoms with Crippen LogP contribution in [0.15, 0.2) is 48.7 Å². The van der Waals surface area contributed by atoms with Crippen molar-refractivity contribution in [3.8, 4) is 11.5 Å². The third-order valence-electron chi connectivity index (χ3n) is 5.00. The Morgan fingerprint density at radius 1 is 1.20 bits per heavy atom. The maximum atomic E-state index is 12.2. The van der Waals surface area contributed by atoms with Crippen molar-refractivity contribution >= 4 is 29.2 Å². The van der Waals surface area contributed by atoms with Crippen molar-refractivity contribution in [1.29, 1.82) is 0 Å². The smallest absolute Gasteiger partial charge is 0.220 e. The van der Waals surface area contributed by atoms with Crippen LogP contribution >= 0.6 is 12.4 Å². The van der Waals surface area contributed by atoms with Crippen LogP contribution in [0, 0.1) is 0 Å². The molecular formula is C23H30ClN3O3. The molecule has 7 heteroatoms. The summed E-state index contributed by atoms with van der Waals surface area (Å²) < 4.78 is 11.2. The van der Waals surface area contributed by atoms with E-state index in [9.17, 15) is 4.79 Å². The molecule has 0 aliphatic heterocycles. The third kappa shape index (κ3) is 5.46. The van der Waals surface area contributed by atoms with Gasteiger partial charge in [0, 0.05) is 36.0 Å². The molecule has 3 rings (SSSR count). The Labute approximate surface area is 183 Å². The molecule has 0 spiro atoms. The number of benzene rings is 2. The lowest BCUT2D eigenvalue weighted by molar-refractivity contribution is -0.121. The van der Waals surface area contributed by atoms with Gasteiger partial charge >= 0.3 is 0 Å². The number of carbonyl (C=O) groups is 1. The normalized spacial score (nSPS) is 11.6. The highest BCUT2D eigenvalue weighted by Crippen LogP contribution is 2.35. The van der Waals surface area contributed by atoms with E-state index in [1.54, 1.807) is 7.11 Å². The zero-order valence-electron chi connectivity index (χ0n) is 17.4. The second-order valence-corrected chi connectivity index (χ2v) is 6.88. The highest BCUT2D eigenvalue weighted by atomic mass is 35.5. The Balaban J connectivity index is 0.00000320. The molecule has 0 saturated carbocycles. The van der Waals surface area contributed by atoms with Gasteiger partial charge in [0.25, 0.3) is 0 Å². The number of ether oxygens (including phenoxy) is 2. The second kappa shape index (κ2) is 11.5. The molecule has 1 amide bonds. The van der Waals surface area contributed by atoms with E-state index in [4.69, 9.17) is 15.2 Å². The van der Waals surface area contributed by atoms with Crippen molar-refractivity contribution in [2.75, 3.05) is 26.8 Å². The van der Waals surface area contributed by atoms with Crippen LogP contribution in [0.3, 0.4) is 0 Å². The van der Waals surface area contributed by atoms with Gasteiger partial charge in [0.2, 0.25) is 5.91 Å². The molecule has 3 aromatic rings. The number of nitrogens with two attached hydrogens (primary N) is 1. The van der Waals surface area contributed by atoms with Crippen LogP contribution in [-0.4, -0.2) is 37.7 Å². The summed E-state index contributed by atoms with van der Waals surface area (Å²) in [5.74, 6) is 1.38. The number of nitrogens with one attached hydrogen (secondary N) is 2. The van der Waals surface area contributed by atoms with E-state index in [1.807, 2.05) is 43.5 Å². The lowest BCUT2D eigenvalue weighted by Gasteiger charge is -2.20. The van der Waals surface area contributed by atoms with Gasteiger partial charge in [0.1, 0.15) is 0 Å². The van der Waals surface area contributed by atoms with Gasteiger partial charge in [-0.2, -0.15) is 0 Å². The fraction of sp³-hybridized carbons (Fsp3) is 0.348. The van der Waals surface area contributed by atoms with Crippen molar-refractivity contribution in [3.63, 3.8) is 0 Å². The minimum Gasteiger partial charge on any atom is -0.493 e. The molecule has 1 aromatic heterocycles. The Morgan fingerprint density at radius 3 is 2.73 bits per heavy atom. The molecule has 0 aliphatic rings. The molecule has 0 radical (unpaired) electrons. The maximum absolute atomic E-state index is 12.2. The zero-order valence-corrected chi connectivity index (χ0v) is 18.3. The van der Waals surface area contributed by atoms with Crippen LogP contribution in [0.5, 0.6) is 11.5 Å². The van der Waals surface area contributed by atoms with Crippen molar-refractivity contribution < 1.29 is 14.3 Å². The van der Waals surface area contributed by atoms with Gasteiger partial charge in [-0.25, -0.2) is 0 Å². The monoisotopic (exact) mass is 431 g/mol. The zero-order chi connectivity index (χ0) is 20.6. The average molecular weight is 432 g/mol. The van der Waals surface area contributed by atoms with Crippen LogP contribution in [0.25, 0.3) is 10.9 Å². The fourth-order valence-electron chi connectivity index (χ4n) is 3.53. The average Bonchev–Trinajstić information content (AvgIpc) is 3.17. The number of halogens is 1. The topological polar surface area (TPSA) is 89.4 Å². The van der Waals surface area contributed by atoms with E-state index in [1.165, 1.54) is 0 Å². The van der Waals surface area contributed by atoms with Crippen LogP contribution < -0.4 is 20.5 Å². The van der Waals surface area contributed by atoms with E-state index < -0.39 is 0 Å². The number of hydrogen-bond acceptors (Lipinski definition) is 4. The van der Waals surface area contributed by atoms with E-state index in [2.05, 4.69) is 22.4 Å². The van der Waals surface area contributed by atoms with Gasteiger partial charge in [0.05, 0.1) is 13.7 Å². The first kappa shape index (κ1) is 23.6. The third-order valence-corrected chi connectivity index (χ3v) is 5.00. The van der Waals surface area contributed by atoms with Gasteiger partial charge in [-0.05, 0) is 49.2 Å². The summed E-state index contributed by atoms with van der Waals surface area (Å²) in [6, 6.07) is 14.1. The molecule has 162 valence electrons. The quantitative estimate of drug-likeness (QED) is 0.453. The molecule has 1 heterocycles. The minimum absolute atomic E-state index is 0. The Kier molecular flexibility index (Phi) is 9.02. The van der Waals surface area contributed by atoms with Gasteiger partial charge in [-0.3, -0.25) is 4.79 Å². The minimum atomic E-state index is -0.0300. The van der Waals surface area contributed by atoms with Gasteiger partial charge in [-0.15, -0.1) is 12.4 Å². The molecule has 6 nitrogen and oxygen atoms in total. The number of fused-ring (bicyclic) bond motifs is 1. The molecule has 1 atom stereocenters. The van der Waals surface area contributed by atoms with E-state index in [0.29, 0.717) is 44.0 Å². The summed E-state index contributed by atoms with van der Waals surface area (Å²) in [4.78, 5) is 15.5. The number of amides is 1. The van der Waals surface area contributed by atoms with Crippen molar-refractivity contribution in [1.82, 2.24) is 10.3 Å². The molecule has 0 bridgehead atoms. The summed E-state index contributed by atoms with van der Waals surface area (Å²) in [7, 11) is 1.64. The number of aromatic nitrogens is 1. The number of rotatable bonds is 10. The number of hydrogen-bond donors (Lipinski definition) is 3. The molecule has 1 unspecified atom stereocenters. The van der Waals surface area contributed by atoms with Crippen LogP contribution in [0.4, 0.5) is 0 Å². The maximum Gasteiger partial charge on any atom is 0.220 e.